The van der Waals surface area contributed by atoms with Crippen LogP contribution in [-0.2, 0) is 14.2 Å². The highest BCUT2D eigenvalue weighted by molar-refractivity contribution is 8.00. The lowest BCUT2D eigenvalue weighted by Gasteiger charge is -2.28. The second kappa shape index (κ2) is 6.69. The topological polar surface area (TPSA) is 47.5 Å². The Kier molecular flexibility index (Phi) is 4.88. The number of thioether (sulfide) groups is 1. The normalized spacial score (nSPS) is 20.6. The van der Waals surface area contributed by atoms with E-state index in [1.165, 1.54) is 0 Å². The third kappa shape index (κ3) is 3.62. The molecule has 0 unspecified atom stereocenters. The van der Waals surface area contributed by atoms with Gasteiger partial charge in [0.1, 0.15) is 5.82 Å². The van der Waals surface area contributed by atoms with Crippen LogP contribution < -0.4 is 4.90 Å². The van der Waals surface area contributed by atoms with Crippen LogP contribution in [0.4, 0.5) is 5.82 Å². The van der Waals surface area contributed by atoms with E-state index >= 15 is 0 Å². The summed E-state index contributed by atoms with van der Waals surface area (Å²) in [6, 6.07) is 2.10. The number of anilines is 1. The van der Waals surface area contributed by atoms with Gasteiger partial charge in [0, 0.05) is 32.0 Å². The molecular weight excluding hydrogens is 310 g/mol. The number of methoxy groups -OCH3 is 1. The van der Waals surface area contributed by atoms with Gasteiger partial charge >= 0.3 is 0 Å². The molecule has 0 amide bonds. The van der Waals surface area contributed by atoms with Crippen LogP contribution in [0.5, 0.6) is 0 Å². The molecule has 1 aromatic heterocycles. The van der Waals surface area contributed by atoms with E-state index < -0.39 is 0 Å². The van der Waals surface area contributed by atoms with Gasteiger partial charge in [-0.3, -0.25) is 0 Å². The highest BCUT2D eigenvalue weighted by Crippen LogP contribution is 2.56. The third-order valence-corrected chi connectivity index (χ3v) is 5.57. The molecule has 2 heterocycles. The highest BCUT2D eigenvalue weighted by Gasteiger charge is 2.46. The fourth-order valence-electron chi connectivity index (χ4n) is 2.50. The maximum Gasteiger partial charge on any atom is 0.224 e. The molecule has 5 nitrogen and oxygen atoms in total. The number of morpholine rings is 1. The van der Waals surface area contributed by atoms with Gasteiger partial charge in [-0.25, -0.2) is 9.97 Å². The van der Waals surface area contributed by atoms with Crippen molar-refractivity contribution < 1.29 is 9.47 Å². The molecule has 7 heteroatoms. The van der Waals surface area contributed by atoms with Crippen molar-refractivity contribution in [2.45, 2.75) is 17.6 Å². The lowest BCUT2D eigenvalue weighted by molar-refractivity contribution is 0.122. The van der Waals surface area contributed by atoms with Crippen LogP contribution in [0.3, 0.4) is 0 Å². The molecular formula is C14H20ClN3O2S. The molecule has 1 aliphatic carbocycles. The van der Waals surface area contributed by atoms with Crippen molar-refractivity contribution in [3.8, 4) is 0 Å². The quantitative estimate of drug-likeness (QED) is 0.589. The minimum atomic E-state index is 0.117. The van der Waals surface area contributed by atoms with Crippen LogP contribution in [0.15, 0.2) is 6.07 Å². The Morgan fingerprint density at radius 3 is 2.81 bits per heavy atom. The van der Waals surface area contributed by atoms with Gasteiger partial charge in [-0.1, -0.05) is 0 Å². The number of halogens is 1. The van der Waals surface area contributed by atoms with Crippen LogP contribution in [0.2, 0.25) is 5.28 Å². The largest absolute Gasteiger partial charge is 0.384 e. The van der Waals surface area contributed by atoms with Crippen LogP contribution in [0.25, 0.3) is 0 Å². The van der Waals surface area contributed by atoms with E-state index in [2.05, 4.69) is 20.9 Å². The van der Waals surface area contributed by atoms with E-state index in [4.69, 9.17) is 21.1 Å². The zero-order chi connectivity index (χ0) is 14.7. The van der Waals surface area contributed by atoms with Crippen molar-refractivity contribution in [3.63, 3.8) is 0 Å². The highest BCUT2D eigenvalue weighted by atomic mass is 35.5. The average Bonchev–Trinajstić information content (AvgIpc) is 3.29. The fourth-order valence-corrected chi connectivity index (χ4v) is 3.96. The molecule has 0 aromatic carbocycles. The first-order chi connectivity index (χ1) is 10.2. The van der Waals surface area contributed by atoms with Gasteiger partial charge in [0.2, 0.25) is 5.28 Å². The molecule has 0 N–H and O–H groups in total. The van der Waals surface area contributed by atoms with Gasteiger partial charge in [0.15, 0.2) is 0 Å². The molecule has 1 saturated heterocycles. The van der Waals surface area contributed by atoms with Crippen LogP contribution in [0, 0.1) is 0 Å². The van der Waals surface area contributed by atoms with Crippen LogP contribution >= 0.6 is 23.4 Å². The first-order valence-electron chi connectivity index (χ1n) is 7.24. The first kappa shape index (κ1) is 15.3. The molecule has 3 rings (SSSR count). The Balaban J connectivity index is 1.77. The minimum absolute atomic E-state index is 0.117. The molecule has 0 radical (unpaired) electrons. The van der Waals surface area contributed by atoms with Gasteiger partial charge in [0.25, 0.3) is 0 Å². The van der Waals surface area contributed by atoms with E-state index in [0.717, 1.165) is 63.0 Å². The Morgan fingerprint density at radius 1 is 1.38 bits per heavy atom. The first-order valence-corrected chi connectivity index (χ1v) is 8.60. The van der Waals surface area contributed by atoms with Crippen molar-refractivity contribution >= 4 is 29.2 Å². The van der Waals surface area contributed by atoms with Gasteiger partial charge < -0.3 is 14.4 Å². The van der Waals surface area contributed by atoms with E-state index in [0.29, 0.717) is 5.28 Å². The van der Waals surface area contributed by atoms with Crippen LogP contribution in [-0.4, -0.2) is 55.7 Å². The number of nitrogens with zero attached hydrogens (tertiary/aromatic N) is 3. The third-order valence-electron chi connectivity index (χ3n) is 3.86. The molecule has 1 aliphatic heterocycles. The summed E-state index contributed by atoms with van der Waals surface area (Å²) in [5.74, 6) is 1.90. The second-order valence-electron chi connectivity index (χ2n) is 5.32. The predicted molar refractivity (Wildman–Crippen MR) is 85.3 cm³/mol. The van der Waals surface area contributed by atoms with Crippen molar-refractivity contribution in [1.82, 2.24) is 9.97 Å². The standard InChI is InChI=1S/C14H20ClN3O2S/c1-19-8-9-21-14(2-3-14)11-10-12(17-13(15)16-11)18-4-6-20-7-5-18/h10H,2-9H2,1H3. The smallest absolute Gasteiger partial charge is 0.224 e. The van der Waals surface area contributed by atoms with E-state index in [1.807, 2.05) is 11.8 Å². The molecule has 0 atom stereocenters. The Labute approximate surface area is 134 Å². The number of hydrogen-bond donors (Lipinski definition) is 0. The number of hydrogen-bond acceptors (Lipinski definition) is 6. The fraction of sp³-hybridized carbons (Fsp3) is 0.714. The van der Waals surface area contributed by atoms with Crippen molar-refractivity contribution in [1.29, 1.82) is 0 Å². The zero-order valence-corrected chi connectivity index (χ0v) is 13.8. The predicted octanol–water partition coefficient (Wildman–Crippen LogP) is 2.34. The Morgan fingerprint density at radius 2 is 2.14 bits per heavy atom. The Hall–Kier alpha value is -0.560. The molecule has 0 spiro atoms. The minimum Gasteiger partial charge on any atom is -0.384 e. The maximum absolute atomic E-state index is 6.15. The molecule has 2 aliphatic rings. The summed E-state index contributed by atoms with van der Waals surface area (Å²) in [7, 11) is 1.73. The monoisotopic (exact) mass is 329 g/mol. The summed E-state index contributed by atoms with van der Waals surface area (Å²) < 4.78 is 10.6. The summed E-state index contributed by atoms with van der Waals surface area (Å²) in [5.41, 5.74) is 1.06. The zero-order valence-electron chi connectivity index (χ0n) is 12.2. The lowest BCUT2D eigenvalue weighted by Crippen LogP contribution is -2.37. The summed E-state index contributed by atoms with van der Waals surface area (Å²) in [4.78, 5) is 11.1. The Bertz CT molecular complexity index is 493. The SMILES string of the molecule is COCCSC1(c2cc(N3CCOCC3)nc(Cl)n2)CC1. The molecule has 21 heavy (non-hydrogen) atoms. The van der Waals surface area contributed by atoms with E-state index in [-0.39, 0.29) is 4.75 Å². The molecule has 0 bridgehead atoms. The summed E-state index contributed by atoms with van der Waals surface area (Å²) in [6.45, 7) is 3.96. The van der Waals surface area contributed by atoms with Gasteiger partial charge in [-0.2, -0.15) is 0 Å². The van der Waals surface area contributed by atoms with Gasteiger partial charge in [-0.05, 0) is 24.4 Å². The van der Waals surface area contributed by atoms with E-state index in [1.54, 1.807) is 7.11 Å². The number of aromatic nitrogens is 2. The van der Waals surface area contributed by atoms with E-state index in [9.17, 15) is 0 Å². The average molecular weight is 330 g/mol. The second-order valence-corrected chi connectivity index (χ2v) is 7.13. The number of rotatable bonds is 6. The summed E-state index contributed by atoms with van der Waals surface area (Å²) >= 11 is 8.06. The lowest BCUT2D eigenvalue weighted by atomic mass is 10.2. The number of ether oxygens (including phenoxy) is 2. The van der Waals surface area contributed by atoms with Crippen molar-refractivity contribution in [2.75, 3.05) is 50.7 Å². The summed E-state index contributed by atoms with van der Waals surface area (Å²) in [6.07, 6.45) is 2.30. The van der Waals surface area contributed by atoms with Crippen molar-refractivity contribution in [3.05, 3.63) is 17.0 Å². The molecule has 116 valence electrons. The molecule has 2 fully saturated rings. The van der Waals surface area contributed by atoms with Crippen molar-refractivity contribution in [2.24, 2.45) is 0 Å². The van der Waals surface area contributed by atoms with Gasteiger partial charge in [-0.15, -0.1) is 11.8 Å². The van der Waals surface area contributed by atoms with Gasteiger partial charge in [0.05, 0.1) is 30.3 Å². The van der Waals surface area contributed by atoms with Crippen LogP contribution in [0.1, 0.15) is 18.5 Å². The molecule has 1 aromatic rings. The molecule has 1 saturated carbocycles. The summed E-state index contributed by atoms with van der Waals surface area (Å²) in [5, 5.41) is 0.340. The maximum atomic E-state index is 6.15.